The minimum absolute atomic E-state index is 0.167. The molecule has 0 saturated carbocycles. The third-order valence-electron chi connectivity index (χ3n) is 3.87. The average molecular weight is 351 g/mol. The molecular weight excluding hydrogens is 338 g/mol. The van der Waals surface area contributed by atoms with Gasteiger partial charge < -0.3 is 4.42 Å². The summed E-state index contributed by atoms with van der Waals surface area (Å²) in [6, 6.07) is 11.3. The van der Waals surface area contributed by atoms with Gasteiger partial charge in [-0.15, -0.1) is 11.3 Å². The second-order valence-corrected chi connectivity index (χ2v) is 6.35. The van der Waals surface area contributed by atoms with Crippen molar-refractivity contribution in [2.75, 3.05) is 5.43 Å². The zero-order chi connectivity index (χ0) is 17.4. The van der Waals surface area contributed by atoms with Crippen LogP contribution in [0.1, 0.15) is 16.1 Å². The highest BCUT2D eigenvalue weighted by Crippen LogP contribution is 2.30. The number of carbonyl (C=O) groups excluding carboxylic acids is 1. The van der Waals surface area contributed by atoms with E-state index >= 15 is 0 Å². The number of thiophene rings is 1. The lowest BCUT2D eigenvalue weighted by Gasteiger charge is -2.07. The SMILES string of the molecule is Cc1ccoc1C(=O)Nn1cnc2scc(-c3ccccc3)c2c1=O. The van der Waals surface area contributed by atoms with Gasteiger partial charge >= 0.3 is 5.91 Å². The fourth-order valence-corrected chi connectivity index (χ4v) is 3.51. The number of rotatable bonds is 3. The molecule has 0 saturated heterocycles. The number of hydrogen-bond donors (Lipinski definition) is 1. The summed E-state index contributed by atoms with van der Waals surface area (Å²) in [7, 11) is 0. The van der Waals surface area contributed by atoms with Crippen molar-refractivity contribution in [3.8, 4) is 11.1 Å². The summed E-state index contributed by atoms with van der Waals surface area (Å²) >= 11 is 1.40. The zero-order valence-corrected chi connectivity index (χ0v) is 14.0. The number of furan rings is 1. The molecule has 1 N–H and O–H groups in total. The van der Waals surface area contributed by atoms with Crippen LogP contribution in [0.25, 0.3) is 21.3 Å². The molecule has 0 aliphatic heterocycles. The standard InChI is InChI=1S/C18H13N3O3S/c1-11-7-8-24-15(11)16(22)20-21-10-19-17-14(18(21)23)13(9-25-17)12-5-3-2-4-6-12/h2-10H,1H3,(H,20,22). The van der Waals surface area contributed by atoms with E-state index in [9.17, 15) is 9.59 Å². The summed E-state index contributed by atoms with van der Waals surface area (Å²) in [6.45, 7) is 1.76. The summed E-state index contributed by atoms with van der Waals surface area (Å²) in [5.74, 6) is -0.331. The summed E-state index contributed by atoms with van der Waals surface area (Å²) in [5, 5.41) is 2.38. The van der Waals surface area contributed by atoms with Crippen molar-refractivity contribution in [3.63, 3.8) is 0 Å². The fourth-order valence-electron chi connectivity index (χ4n) is 2.61. The molecule has 4 rings (SSSR count). The number of hydrogen-bond acceptors (Lipinski definition) is 5. The van der Waals surface area contributed by atoms with E-state index in [1.807, 2.05) is 35.7 Å². The molecule has 7 heteroatoms. The van der Waals surface area contributed by atoms with Crippen LogP contribution in [0.3, 0.4) is 0 Å². The maximum Gasteiger partial charge on any atom is 0.306 e. The molecule has 0 fully saturated rings. The molecule has 4 aromatic rings. The van der Waals surface area contributed by atoms with Crippen LogP contribution >= 0.6 is 11.3 Å². The van der Waals surface area contributed by atoms with Crippen molar-refractivity contribution in [1.82, 2.24) is 9.66 Å². The Bertz CT molecular complexity index is 1130. The van der Waals surface area contributed by atoms with Gasteiger partial charge in [0.25, 0.3) is 5.56 Å². The Balaban J connectivity index is 1.79. The number of aryl methyl sites for hydroxylation is 1. The molecule has 124 valence electrons. The lowest BCUT2D eigenvalue weighted by Crippen LogP contribution is -2.33. The lowest BCUT2D eigenvalue weighted by atomic mass is 10.1. The van der Waals surface area contributed by atoms with Crippen LogP contribution in [0.2, 0.25) is 0 Å². The molecule has 3 aromatic heterocycles. The van der Waals surface area contributed by atoms with E-state index in [1.165, 1.54) is 23.9 Å². The highest BCUT2D eigenvalue weighted by molar-refractivity contribution is 7.17. The molecule has 25 heavy (non-hydrogen) atoms. The average Bonchev–Trinajstić information content (AvgIpc) is 3.24. The van der Waals surface area contributed by atoms with Gasteiger partial charge in [-0.2, -0.15) is 0 Å². The predicted octanol–water partition coefficient (Wildman–Crippen LogP) is 3.41. The first-order valence-electron chi connectivity index (χ1n) is 7.55. The molecule has 6 nitrogen and oxygen atoms in total. The van der Waals surface area contributed by atoms with Crippen molar-refractivity contribution in [1.29, 1.82) is 0 Å². The van der Waals surface area contributed by atoms with Crippen molar-refractivity contribution in [2.45, 2.75) is 6.92 Å². The summed E-state index contributed by atoms with van der Waals surface area (Å²) in [4.78, 5) is 30.1. The van der Waals surface area contributed by atoms with Crippen molar-refractivity contribution >= 4 is 27.5 Å². The quantitative estimate of drug-likeness (QED) is 0.614. The normalized spacial score (nSPS) is 10.9. The Hall–Kier alpha value is -3.19. The third kappa shape index (κ3) is 2.64. The van der Waals surface area contributed by atoms with Crippen LogP contribution in [0.15, 0.2) is 63.6 Å². The van der Waals surface area contributed by atoms with Gasteiger partial charge in [-0.1, -0.05) is 30.3 Å². The second-order valence-electron chi connectivity index (χ2n) is 5.49. The molecule has 3 heterocycles. The first-order valence-corrected chi connectivity index (χ1v) is 8.43. The van der Waals surface area contributed by atoms with Crippen LogP contribution in [-0.2, 0) is 0 Å². The van der Waals surface area contributed by atoms with Gasteiger partial charge in [0.05, 0.1) is 11.6 Å². The van der Waals surface area contributed by atoms with Gasteiger partial charge in [0.1, 0.15) is 11.2 Å². The molecule has 0 aliphatic carbocycles. The minimum atomic E-state index is -0.498. The van der Waals surface area contributed by atoms with E-state index in [2.05, 4.69) is 10.4 Å². The van der Waals surface area contributed by atoms with Crippen molar-refractivity contribution in [3.05, 3.63) is 76.0 Å². The van der Waals surface area contributed by atoms with Crippen LogP contribution in [0.5, 0.6) is 0 Å². The maximum atomic E-state index is 12.9. The third-order valence-corrected chi connectivity index (χ3v) is 4.76. The number of carbonyl (C=O) groups is 1. The number of fused-ring (bicyclic) bond motifs is 1. The van der Waals surface area contributed by atoms with Gasteiger partial charge in [0, 0.05) is 16.5 Å². The van der Waals surface area contributed by atoms with E-state index in [1.54, 1.807) is 13.0 Å². The van der Waals surface area contributed by atoms with Crippen molar-refractivity contribution < 1.29 is 9.21 Å². The van der Waals surface area contributed by atoms with Gasteiger partial charge in [0.15, 0.2) is 5.76 Å². The predicted molar refractivity (Wildman–Crippen MR) is 96.5 cm³/mol. The molecule has 0 unspecified atom stereocenters. The Kier molecular flexibility index (Phi) is 3.70. The molecule has 0 spiro atoms. The molecule has 1 amide bonds. The molecular formula is C18H13N3O3S. The monoisotopic (exact) mass is 351 g/mol. The largest absolute Gasteiger partial charge is 0.459 e. The lowest BCUT2D eigenvalue weighted by molar-refractivity contribution is 0.0980. The number of nitrogens with one attached hydrogen (secondary N) is 1. The number of nitrogens with zero attached hydrogens (tertiary/aromatic N) is 2. The minimum Gasteiger partial charge on any atom is -0.459 e. The van der Waals surface area contributed by atoms with Crippen LogP contribution in [0, 0.1) is 6.92 Å². The van der Waals surface area contributed by atoms with E-state index in [-0.39, 0.29) is 11.3 Å². The van der Waals surface area contributed by atoms with Crippen LogP contribution in [-0.4, -0.2) is 15.6 Å². The van der Waals surface area contributed by atoms with Crippen LogP contribution < -0.4 is 11.0 Å². The number of amides is 1. The summed E-state index contributed by atoms with van der Waals surface area (Å²) in [5.41, 5.74) is 4.62. The topological polar surface area (TPSA) is 77.1 Å². The molecule has 0 radical (unpaired) electrons. The van der Waals surface area contributed by atoms with E-state index < -0.39 is 5.91 Å². The highest BCUT2D eigenvalue weighted by atomic mass is 32.1. The first kappa shape index (κ1) is 15.3. The first-order chi connectivity index (χ1) is 12.1. The van der Waals surface area contributed by atoms with E-state index in [0.717, 1.165) is 15.8 Å². The molecule has 0 bridgehead atoms. The summed E-state index contributed by atoms with van der Waals surface area (Å²) < 4.78 is 6.25. The molecule has 0 aliphatic rings. The van der Waals surface area contributed by atoms with Crippen molar-refractivity contribution in [2.24, 2.45) is 0 Å². The second kappa shape index (κ2) is 6.03. The van der Waals surface area contributed by atoms with Gasteiger partial charge in [-0.05, 0) is 18.6 Å². The molecule has 0 atom stereocenters. The molecule has 1 aromatic carbocycles. The zero-order valence-electron chi connectivity index (χ0n) is 13.2. The Labute approximate surface area is 146 Å². The van der Waals surface area contributed by atoms with E-state index in [0.29, 0.717) is 15.8 Å². The van der Waals surface area contributed by atoms with Gasteiger partial charge in [0.2, 0.25) is 0 Å². The Morgan fingerprint density at radius 1 is 1.24 bits per heavy atom. The maximum absolute atomic E-state index is 12.9. The highest BCUT2D eigenvalue weighted by Gasteiger charge is 2.17. The van der Waals surface area contributed by atoms with Gasteiger partial charge in [-0.25, -0.2) is 9.66 Å². The number of benzene rings is 1. The number of aromatic nitrogens is 2. The fraction of sp³-hybridized carbons (Fsp3) is 0.0556. The summed E-state index contributed by atoms with van der Waals surface area (Å²) in [6.07, 6.45) is 2.74. The van der Waals surface area contributed by atoms with E-state index in [4.69, 9.17) is 4.42 Å². The Morgan fingerprint density at radius 2 is 2.04 bits per heavy atom. The Morgan fingerprint density at radius 3 is 2.76 bits per heavy atom. The van der Waals surface area contributed by atoms with Crippen LogP contribution in [0.4, 0.5) is 0 Å². The van der Waals surface area contributed by atoms with Gasteiger partial charge in [-0.3, -0.25) is 15.0 Å². The smallest absolute Gasteiger partial charge is 0.306 e.